The molecule has 1 N–H and O–H groups in total. The molecule has 1 heterocycles. The van der Waals surface area contributed by atoms with Crippen LogP contribution in [0.2, 0.25) is 0 Å². The number of fused-ring (bicyclic) bond motifs is 1. The number of rotatable bonds is 5. The highest BCUT2D eigenvalue weighted by atomic mass is 79.9. The molecule has 5 nitrogen and oxygen atoms in total. The molecule has 0 radical (unpaired) electrons. The number of nitrogens with one attached hydrogen (secondary N) is 1. The highest BCUT2D eigenvalue weighted by molar-refractivity contribution is 9.11. The maximum atomic E-state index is 12.3. The number of hydrogen-bond donors (Lipinski definition) is 1. The molecule has 0 unspecified atom stereocenters. The molecule has 3 rings (SSSR count). The second-order valence-corrected chi connectivity index (χ2v) is 7.95. The Hall–Kier alpha value is -2.12. The van der Waals surface area contributed by atoms with Crippen LogP contribution in [0.1, 0.15) is 21.5 Å². The van der Waals surface area contributed by atoms with Gasteiger partial charge in [-0.2, -0.15) is 0 Å². The van der Waals surface area contributed by atoms with Crippen LogP contribution in [0, 0.1) is 13.8 Å². The van der Waals surface area contributed by atoms with Gasteiger partial charge in [-0.3, -0.25) is 4.79 Å². The molecule has 0 saturated heterocycles. The fourth-order valence-corrected chi connectivity index (χ4v) is 4.10. The molecule has 1 aromatic heterocycles. The van der Waals surface area contributed by atoms with Gasteiger partial charge in [-0.05, 0) is 71.2 Å². The van der Waals surface area contributed by atoms with E-state index < -0.39 is 11.5 Å². The number of aryl methyl sites for hydroxylation is 2. The summed E-state index contributed by atoms with van der Waals surface area (Å²) in [6.07, 6.45) is 0. The molecule has 0 aliphatic heterocycles. The third-order valence-corrected chi connectivity index (χ3v) is 4.89. The van der Waals surface area contributed by atoms with E-state index in [4.69, 9.17) is 9.15 Å². The number of ether oxygens (including phenoxy) is 1. The lowest BCUT2D eigenvalue weighted by Gasteiger charge is -2.09. The third-order valence-electron chi connectivity index (χ3n) is 3.85. The molecule has 0 aliphatic carbocycles. The zero-order valence-corrected chi connectivity index (χ0v) is 17.9. The van der Waals surface area contributed by atoms with Crippen LogP contribution >= 0.6 is 31.9 Å². The van der Waals surface area contributed by atoms with Gasteiger partial charge < -0.3 is 14.5 Å². The molecular formula is C20H17Br2NO4. The Bertz CT molecular complexity index is 1060. The number of carbonyl (C=O) groups is 1. The minimum Gasteiger partial charge on any atom is -0.492 e. The van der Waals surface area contributed by atoms with E-state index in [0.29, 0.717) is 22.0 Å². The van der Waals surface area contributed by atoms with E-state index in [1.54, 1.807) is 12.1 Å². The Morgan fingerprint density at radius 1 is 1.07 bits per heavy atom. The van der Waals surface area contributed by atoms with Crippen molar-refractivity contribution in [2.75, 3.05) is 13.2 Å². The lowest BCUT2D eigenvalue weighted by molar-refractivity contribution is 0.0943. The average molecular weight is 495 g/mol. The van der Waals surface area contributed by atoms with Gasteiger partial charge >= 0.3 is 5.63 Å². The van der Waals surface area contributed by atoms with Crippen LogP contribution < -0.4 is 15.7 Å². The Balaban J connectivity index is 1.67. The van der Waals surface area contributed by atoms with Crippen molar-refractivity contribution in [1.82, 2.24) is 5.32 Å². The summed E-state index contributed by atoms with van der Waals surface area (Å²) in [5.41, 5.74) is 1.90. The SMILES string of the molecule is Cc1cc(C)cc(OCCNC(=O)c2cc3cc(Br)cc(Br)c3oc2=O)c1. The van der Waals surface area contributed by atoms with E-state index in [1.807, 2.05) is 26.0 Å². The van der Waals surface area contributed by atoms with Gasteiger partial charge in [0.05, 0.1) is 11.0 Å². The summed E-state index contributed by atoms with van der Waals surface area (Å²) in [6, 6.07) is 11.0. The standard InChI is InChI=1S/C20H17Br2NO4/c1-11-5-12(2)7-15(6-11)26-4-3-23-19(24)16-9-13-8-14(21)10-17(22)18(13)27-20(16)25/h5-10H,3-4H2,1-2H3,(H,23,24). The Labute approximate surface area is 173 Å². The molecule has 27 heavy (non-hydrogen) atoms. The molecule has 0 atom stereocenters. The van der Waals surface area contributed by atoms with Crippen molar-refractivity contribution in [2.24, 2.45) is 0 Å². The summed E-state index contributed by atoms with van der Waals surface area (Å²) in [5, 5.41) is 3.33. The normalized spacial score (nSPS) is 10.8. The number of benzene rings is 2. The van der Waals surface area contributed by atoms with Crippen molar-refractivity contribution in [3.8, 4) is 5.75 Å². The fourth-order valence-electron chi connectivity index (χ4n) is 2.76. The van der Waals surface area contributed by atoms with Crippen LogP contribution in [0.5, 0.6) is 5.75 Å². The molecule has 7 heteroatoms. The molecule has 140 valence electrons. The summed E-state index contributed by atoms with van der Waals surface area (Å²) < 4.78 is 12.4. The Kier molecular flexibility index (Phi) is 6.01. The van der Waals surface area contributed by atoms with Crippen LogP contribution in [0.3, 0.4) is 0 Å². The van der Waals surface area contributed by atoms with E-state index in [9.17, 15) is 9.59 Å². The van der Waals surface area contributed by atoms with E-state index in [-0.39, 0.29) is 12.1 Å². The lowest BCUT2D eigenvalue weighted by Crippen LogP contribution is -2.31. The lowest BCUT2D eigenvalue weighted by atomic mass is 10.1. The molecular weight excluding hydrogens is 478 g/mol. The maximum absolute atomic E-state index is 12.3. The van der Waals surface area contributed by atoms with Crippen molar-refractivity contribution in [2.45, 2.75) is 13.8 Å². The quantitative estimate of drug-likeness (QED) is 0.410. The molecule has 0 aliphatic rings. The molecule has 0 fully saturated rings. The molecule has 0 bridgehead atoms. The summed E-state index contributed by atoms with van der Waals surface area (Å²) in [6.45, 7) is 4.56. The van der Waals surface area contributed by atoms with E-state index in [2.05, 4.69) is 43.2 Å². The second kappa shape index (κ2) is 8.27. The van der Waals surface area contributed by atoms with Gasteiger partial charge in [0.1, 0.15) is 17.9 Å². The monoisotopic (exact) mass is 493 g/mol. The van der Waals surface area contributed by atoms with Crippen molar-refractivity contribution in [1.29, 1.82) is 0 Å². The highest BCUT2D eigenvalue weighted by Crippen LogP contribution is 2.28. The zero-order valence-electron chi connectivity index (χ0n) is 14.8. The average Bonchev–Trinajstić information content (AvgIpc) is 2.58. The van der Waals surface area contributed by atoms with Gasteiger partial charge in [0.2, 0.25) is 0 Å². The van der Waals surface area contributed by atoms with Gasteiger partial charge in [0, 0.05) is 9.86 Å². The highest BCUT2D eigenvalue weighted by Gasteiger charge is 2.15. The first-order valence-corrected chi connectivity index (χ1v) is 9.84. The van der Waals surface area contributed by atoms with Crippen LogP contribution in [-0.4, -0.2) is 19.1 Å². The van der Waals surface area contributed by atoms with Crippen molar-refractivity contribution in [3.05, 3.63) is 72.5 Å². The Morgan fingerprint density at radius 2 is 1.78 bits per heavy atom. The zero-order chi connectivity index (χ0) is 19.6. The number of amides is 1. The van der Waals surface area contributed by atoms with Gasteiger partial charge in [-0.15, -0.1) is 0 Å². The van der Waals surface area contributed by atoms with Crippen LogP contribution in [0.4, 0.5) is 0 Å². The summed E-state index contributed by atoms with van der Waals surface area (Å²) in [5.74, 6) is 0.257. The smallest absolute Gasteiger partial charge is 0.349 e. The van der Waals surface area contributed by atoms with Gasteiger partial charge in [0.25, 0.3) is 5.91 Å². The van der Waals surface area contributed by atoms with Crippen molar-refractivity contribution < 1.29 is 13.9 Å². The summed E-state index contributed by atoms with van der Waals surface area (Å²) in [7, 11) is 0. The summed E-state index contributed by atoms with van der Waals surface area (Å²) in [4.78, 5) is 24.5. The van der Waals surface area contributed by atoms with Gasteiger partial charge in [0.15, 0.2) is 5.58 Å². The predicted octanol–water partition coefficient (Wildman–Crippen LogP) is 4.74. The van der Waals surface area contributed by atoms with Gasteiger partial charge in [-0.1, -0.05) is 22.0 Å². The molecule has 0 saturated carbocycles. The Morgan fingerprint density at radius 3 is 2.48 bits per heavy atom. The fraction of sp³-hybridized carbons (Fsp3) is 0.200. The maximum Gasteiger partial charge on any atom is 0.349 e. The first kappa shape index (κ1) is 19.6. The number of hydrogen-bond acceptors (Lipinski definition) is 4. The molecule has 1 amide bonds. The minimum absolute atomic E-state index is 0.0427. The van der Waals surface area contributed by atoms with Crippen molar-refractivity contribution >= 4 is 48.7 Å². The molecule has 3 aromatic rings. The first-order valence-electron chi connectivity index (χ1n) is 8.25. The van der Waals surface area contributed by atoms with Gasteiger partial charge in [-0.25, -0.2) is 4.79 Å². The topological polar surface area (TPSA) is 68.5 Å². The van der Waals surface area contributed by atoms with E-state index in [1.165, 1.54) is 6.07 Å². The largest absolute Gasteiger partial charge is 0.492 e. The molecule has 2 aromatic carbocycles. The van der Waals surface area contributed by atoms with E-state index >= 15 is 0 Å². The van der Waals surface area contributed by atoms with E-state index in [0.717, 1.165) is 21.3 Å². The predicted molar refractivity (Wildman–Crippen MR) is 112 cm³/mol. The van der Waals surface area contributed by atoms with Crippen LogP contribution in [0.15, 0.2) is 54.6 Å². The number of halogens is 2. The summed E-state index contributed by atoms with van der Waals surface area (Å²) >= 11 is 6.73. The van der Waals surface area contributed by atoms with Crippen LogP contribution in [0.25, 0.3) is 11.0 Å². The molecule has 0 spiro atoms. The third kappa shape index (κ3) is 4.78. The van der Waals surface area contributed by atoms with Crippen LogP contribution in [-0.2, 0) is 0 Å². The van der Waals surface area contributed by atoms with Crippen molar-refractivity contribution in [3.63, 3.8) is 0 Å². The first-order chi connectivity index (χ1) is 12.8. The number of carbonyl (C=O) groups excluding carboxylic acids is 1. The second-order valence-electron chi connectivity index (χ2n) is 6.18. The minimum atomic E-state index is -0.682.